The number of carbonyl (C=O) groups excluding carboxylic acids is 1. The van der Waals surface area contributed by atoms with Crippen LogP contribution in [-0.2, 0) is 0 Å². The summed E-state index contributed by atoms with van der Waals surface area (Å²) >= 11 is 1.83. The van der Waals surface area contributed by atoms with Gasteiger partial charge in [0.1, 0.15) is 11.5 Å². The van der Waals surface area contributed by atoms with E-state index in [1.165, 1.54) is 146 Å². The first-order chi connectivity index (χ1) is 24.7. The Hall–Kier alpha value is -2.20. The van der Waals surface area contributed by atoms with Gasteiger partial charge in [0.25, 0.3) is 0 Å². The first-order valence-corrected chi connectivity index (χ1v) is 22.0. The third-order valence-corrected chi connectivity index (χ3v) is 10.7. The number of hydrogen-bond acceptors (Lipinski definition) is 4. The highest BCUT2D eigenvalue weighted by Crippen LogP contribution is 2.26. The maximum absolute atomic E-state index is 13.0. The second-order valence-corrected chi connectivity index (χ2v) is 15.5. The van der Waals surface area contributed by atoms with Crippen LogP contribution in [0.5, 0.6) is 11.5 Å². The van der Waals surface area contributed by atoms with Crippen LogP contribution in [0.15, 0.2) is 53.4 Å². The molecule has 0 N–H and O–H groups in total. The number of rotatable bonds is 34. The Morgan fingerprint density at radius 2 is 0.920 bits per heavy atom. The quantitative estimate of drug-likeness (QED) is 0.0314. The van der Waals surface area contributed by atoms with Crippen molar-refractivity contribution in [2.75, 3.05) is 19.0 Å². The van der Waals surface area contributed by atoms with Crippen LogP contribution in [0.2, 0.25) is 0 Å². The maximum atomic E-state index is 13.0. The van der Waals surface area contributed by atoms with Crippen LogP contribution in [0.4, 0.5) is 0 Å². The van der Waals surface area contributed by atoms with Crippen molar-refractivity contribution < 1.29 is 14.3 Å². The smallest absolute Gasteiger partial charge is 0.185 e. The SMILES string of the molecule is CCCCCCCCCCCCCCOc1cc(/C=C/C(=O)c2ccc(SCCC)cc2)cc(OCCCCCCCCCCCCCC)c1. The zero-order chi connectivity index (χ0) is 35.7. The lowest BCUT2D eigenvalue weighted by Crippen LogP contribution is -2.01. The Bertz CT molecular complexity index is 1060. The van der Waals surface area contributed by atoms with Gasteiger partial charge in [-0.1, -0.05) is 168 Å². The molecule has 2 rings (SSSR count). The molecule has 0 radical (unpaired) electrons. The molecule has 0 aliphatic heterocycles. The molecule has 282 valence electrons. The van der Waals surface area contributed by atoms with Gasteiger partial charge in [-0.15, -0.1) is 11.8 Å². The van der Waals surface area contributed by atoms with E-state index < -0.39 is 0 Å². The lowest BCUT2D eigenvalue weighted by molar-refractivity contribution is 0.104. The Labute approximate surface area is 313 Å². The molecule has 50 heavy (non-hydrogen) atoms. The highest BCUT2D eigenvalue weighted by Gasteiger charge is 2.06. The van der Waals surface area contributed by atoms with E-state index >= 15 is 0 Å². The molecule has 3 nitrogen and oxygen atoms in total. The van der Waals surface area contributed by atoms with E-state index in [0.29, 0.717) is 18.8 Å². The van der Waals surface area contributed by atoms with Crippen molar-refractivity contribution in [3.05, 3.63) is 59.7 Å². The Balaban J connectivity index is 1.79. The summed E-state index contributed by atoms with van der Waals surface area (Å²) in [7, 11) is 0. The van der Waals surface area contributed by atoms with Crippen molar-refractivity contribution in [1.29, 1.82) is 0 Å². The van der Waals surface area contributed by atoms with Crippen LogP contribution in [-0.4, -0.2) is 24.7 Å². The first-order valence-electron chi connectivity index (χ1n) is 21.0. The average Bonchev–Trinajstić information content (AvgIpc) is 3.13. The van der Waals surface area contributed by atoms with Crippen LogP contribution in [0.3, 0.4) is 0 Å². The van der Waals surface area contributed by atoms with Crippen molar-refractivity contribution in [2.45, 2.75) is 186 Å². The van der Waals surface area contributed by atoms with Gasteiger partial charge in [0.15, 0.2) is 5.78 Å². The monoisotopic (exact) mass is 707 g/mol. The third-order valence-electron chi connectivity index (χ3n) is 9.47. The van der Waals surface area contributed by atoms with Crippen molar-refractivity contribution in [3.63, 3.8) is 0 Å². The van der Waals surface area contributed by atoms with Crippen LogP contribution >= 0.6 is 11.8 Å². The van der Waals surface area contributed by atoms with E-state index in [2.05, 4.69) is 20.8 Å². The zero-order valence-corrected chi connectivity index (χ0v) is 33.4. The van der Waals surface area contributed by atoms with Gasteiger partial charge in [-0.3, -0.25) is 4.79 Å². The van der Waals surface area contributed by atoms with Gasteiger partial charge in [-0.2, -0.15) is 0 Å². The lowest BCUT2D eigenvalue weighted by atomic mass is 10.1. The minimum Gasteiger partial charge on any atom is -0.493 e. The summed E-state index contributed by atoms with van der Waals surface area (Å²) in [5.41, 5.74) is 1.65. The number of hydrogen-bond donors (Lipinski definition) is 0. The molecule has 4 heteroatoms. The van der Waals surface area contributed by atoms with Crippen molar-refractivity contribution in [2.24, 2.45) is 0 Å². The third kappa shape index (κ3) is 23.3. The minimum absolute atomic E-state index is 0.0128. The molecular weight excluding hydrogens is 633 g/mol. The molecule has 0 amide bonds. The molecule has 0 bridgehead atoms. The van der Waals surface area contributed by atoms with Crippen LogP contribution in [0.25, 0.3) is 6.08 Å². The van der Waals surface area contributed by atoms with Crippen LogP contribution in [0.1, 0.15) is 197 Å². The average molecular weight is 707 g/mol. The largest absolute Gasteiger partial charge is 0.493 e. The number of ether oxygens (including phenoxy) is 2. The predicted molar refractivity (Wildman–Crippen MR) is 220 cm³/mol. The number of thioether (sulfide) groups is 1. The summed E-state index contributed by atoms with van der Waals surface area (Å²) in [6.45, 7) is 8.18. The van der Waals surface area contributed by atoms with E-state index in [4.69, 9.17) is 9.47 Å². The summed E-state index contributed by atoms with van der Waals surface area (Å²) in [5, 5.41) is 0. The Morgan fingerprint density at radius 1 is 0.520 bits per heavy atom. The fraction of sp³-hybridized carbons (Fsp3) is 0.674. The van der Waals surface area contributed by atoms with Crippen molar-refractivity contribution in [1.82, 2.24) is 0 Å². The van der Waals surface area contributed by atoms with E-state index in [9.17, 15) is 4.79 Å². The molecule has 2 aromatic carbocycles. The molecule has 0 heterocycles. The van der Waals surface area contributed by atoms with Gasteiger partial charge >= 0.3 is 0 Å². The van der Waals surface area contributed by atoms with Gasteiger partial charge in [0, 0.05) is 16.5 Å². The second-order valence-electron chi connectivity index (χ2n) is 14.3. The van der Waals surface area contributed by atoms with E-state index in [0.717, 1.165) is 42.1 Å². The summed E-state index contributed by atoms with van der Waals surface area (Å²) < 4.78 is 12.5. The molecule has 0 spiro atoms. The molecule has 0 atom stereocenters. The van der Waals surface area contributed by atoms with Gasteiger partial charge in [-0.05, 0) is 73.1 Å². The maximum Gasteiger partial charge on any atom is 0.185 e. The number of ketones is 1. The lowest BCUT2D eigenvalue weighted by Gasteiger charge is -2.12. The zero-order valence-electron chi connectivity index (χ0n) is 32.6. The highest BCUT2D eigenvalue weighted by molar-refractivity contribution is 7.99. The van der Waals surface area contributed by atoms with Crippen molar-refractivity contribution in [3.8, 4) is 11.5 Å². The molecule has 0 saturated carbocycles. The Kier molecular flexibility index (Phi) is 27.7. The van der Waals surface area contributed by atoms with E-state index in [1.807, 2.05) is 60.3 Å². The number of allylic oxidation sites excluding steroid dienone is 1. The number of carbonyl (C=O) groups is 1. The van der Waals surface area contributed by atoms with Crippen LogP contribution in [0, 0.1) is 0 Å². The summed E-state index contributed by atoms with van der Waals surface area (Å²) in [6.07, 6.45) is 36.7. The van der Waals surface area contributed by atoms with E-state index in [1.54, 1.807) is 6.08 Å². The fourth-order valence-corrected chi connectivity index (χ4v) is 7.09. The highest BCUT2D eigenvalue weighted by atomic mass is 32.2. The molecule has 0 aliphatic rings. The summed E-state index contributed by atoms with van der Waals surface area (Å²) in [5.74, 6) is 2.75. The molecule has 0 unspecified atom stereocenters. The minimum atomic E-state index is 0.0128. The Morgan fingerprint density at radius 3 is 1.32 bits per heavy atom. The molecular formula is C46H74O3S. The van der Waals surface area contributed by atoms with Gasteiger partial charge < -0.3 is 9.47 Å². The standard InChI is InChI=1S/C46H74O3S/c1-4-7-9-11-13-15-17-19-21-23-25-27-35-48-43-38-41(29-34-46(47)42-30-32-45(33-31-42)50-37-6-3)39-44(40-43)49-36-28-26-24-22-20-18-16-14-12-10-8-5-2/h29-34,38-40H,4-28,35-37H2,1-3H3/b34-29+. The summed E-state index contributed by atoms with van der Waals surface area (Å²) in [4.78, 5) is 14.2. The first kappa shape index (κ1) is 44.0. The van der Waals surface area contributed by atoms with Gasteiger partial charge in [-0.25, -0.2) is 0 Å². The normalized spacial score (nSPS) is 11.4. The molecule has 0 aliphatic carbocycles. The molecule has 0 aromatic heterocycles. The topological polar surface area (TPSA) is 35.5 Å². The molecule has 2 aromatic rings. The summed E-state index contributed by atoms with van der Waals surface area (Å²) in [6, 6.07) is 14.0. The number of unbranched alkanes of at least 4 members (excludes halogenated alkanes) is 22. The predicted octanol–water partition coefficient (Wildman–Crippen LogP) is 15.2. The van der Waals surface area contributed by atoms with Gasteiger partial charge in [0.2, 0.25) is 0 Å². The van der Waals surface area contributed by atoms with Crippen molar-refractivity contribution >= 4 is 23.6 Å². The fourth-order valence-electron chi connectivity index (χ4n) is 6.33. The second kappa shape index (κ2) is 31.5. The number of benzene rings is 2. The van der Waals surface area contributed by atoms with Crippen LogP contribution < -0.4 is 9.47 Å². The molecule has 0 saturated heterocycles. The van der Waals surface area contributed by atoms with Gasteiger partial charge in [0.05, 0.1) is 13.2 Å². The molecule has 0 fully saturated rings. The van der Waals surface area contributed by atoms with E-state index in [-0.39, 0.29) is 5.78 Å².